The summed E-state index contributed by atoms with van der Waals surface area (Å²) in [5, 5.41) is 5.59. The van der Waals surface area contributed by atoms with Crippen molar-refractivity contribution in [3.05, 3.63) is 0 Å². The van der Waals surface area contributed by atoms with Crippen molar-refractivity contribution in [2.45, 2.75) is 73.6 Å². The highest BCUT2D eigenvalue weighted by Crippen LogP contribution is 2.70. The summed E-state index contributed by atoms with van der Waals surface area (Å²) in [6, 6.07) is 0. The van der Waals surface area contributed by atoms with Crippen LogP contribution < -0.4 is 10.6 Å². The Labute approximate surface area is 194 Å². The van der Waals surface area contributed by atoms with Crippen molar-refractivity contribution in [1.82, 2.24) is 10.6 Å². The van der Waals surface area contributed by atoms with Crippen molar-refractivity contribution in [1.29, 1.82) is 0 Å². The van der Waals surface area contributed by atoms with Gasteiger partial charge in [0.1, 0.15) is 10.8 Å². The van der Waals surface area contributed by atoms with Crippen molar-refractivity contribution in [3.63, 3.8) is 0 Å². The van der Waals surface area contributed by atoms with Crippen molar-refractivity contribution in [3.8, 4) is 0 Å². The second-order valence-electron chi connectivity index (χ2n) is 11.9. The maximum absolute atomic E-state index is 13.1. The molecule has 8 heteroatoms. The van der Waals surface area contributed by atoms with Gasteiger partial charge >= 0.3 is 0 Å². The smallest absolute Gasteiger partial charge is 0.234 e. The quantitative estimate of drug-likeness (QED) is 0.353. The van der Waals surface area contributed by atoms with E-state index in [2.05, 4.69) is 10.6 Å². The fraction of sp³-hybridized carbons (Fsp3) is 0.760. The van der Waals surface area contributed by atoms with Gasteiger partial charge in [-0.3, -0.25) is 28.8 Å². The molecular formula is C25H34N2O6. The molecule has 0 spiro atoms. The van der Waals surface area contributed by atoms with E-state index < -0.39 is 67.4 Å². The molecule has 2 N–H and O–H groups in total. The molecular weight excluding hydrogens is 424 g/mol. The third-order valence-electron chi connectivity index (χ3n) is 10.8. The zero-order valence-electron chi connectivity index (χ0n) is 20.4. The van der Waals surface area contributed by atoms with Gasteiger partial charge in [0.25, 0.3) is 0 Å². The normalized spacial score (nSPS) is 39.9. The summed E-state index contributed by atoms with van der Waals surface area (Å²) in [5.41, 5.74) is -5.83. The molecule has 4 atom stereocenters. The first-order valence-corrected chi connectivity index (χ1v) is 11.8. The van der Waals surface area contributed by atoms with Gasteiger partial charge in [-0.1, -0.05) is 41.5 Å². The van der Waals surface area contributed by atoms with E-state index in [0.29, 0.717) is 32.1 Å². The van der Waals surface area contributed by atoms with Crippen LogP contribution in [0.3, 0.4) is 0 Å². The Morgan fingerprint density at radius 1 is 0.606 bits per heavy atom. The van der Waals surface area contributed by atoms with E-state index in [1.165, 1.54) is 0 Å². The average molecular weight is 459 g/mol. The lowest BCUT2D eigenvalue weighted by molar-refractivity contribution is -0.149. The van der Waals surface area contributed by atoms with Crippen LogP contribution in [-0.2, 0) is 28.8 Å². The summed E-state index contributed by atoms with van der Waals surface area (Å²) in [5.74, 6) is -2.96. The Morgan fingerprint density at radius 2 is 0.939 bits per heavy atom. The molecule has 0 saturated heterocycles. The van der Waals surface area contributed by atoms with Crippen molar-refractivity contribution >= 4 is 34.9 Å². The first-order valence-electron chi connectivity index (χ1n) is 11.8. The Morgan fingerprint density at radius 3 is 1.21 bits per heavy atom. The van der Waals surface area contributed by atoms with E-state index in [-0.39, 0.29) is 13.1 Å². The van der Waals surface area contributed by atoms with E-state index >= 15 is 0 Å². The van der Waals surface area contributed by atoms with Gasteiger partial charge in [-0.05, 0) is 42.9 Å². The predicted molar refractivity (Wildman–Crippen MR) is 118 cm³/mol. The summed E-state index contributed by atoms with van der Waals surface area (Å²) in [7, 11) is 0. The van der Waals surface area contributed by atoms with Crippen LogP contribution in [0.25, 0.3) is 0 Å². The molecule has 4 fully saturated rings. The van der Waals surface area contributed by atoms with Gasteiger partial charge in [-0.15, -0.1) is 0 Å². The van der Waals surface area contributed by atoms with Crippen LogP contribution in [0, 0.1) is 32.5 Å². The van der Waals surface area contributed by atoms with Gasteiger partial charge in [0.2, 0.25) is 34.9 Å². The number of carbonyl (C=O) groups excluding carboxylic acids is 6. The van der Waals surface area contributed by atoms with E-state index in [9.17, 15) is 28.8 Å². The Kier molecular flexibility index (Phi) is 4.76. The molecule has 4 aliphatic carbocycles. The minimum Gasteiger partial charge on any atom is -0.355 e. The molecule has 4 rings (SSSR count). The van der Waals surface area contributed by atoms with Crippen LogP contribution in [0.1, 0.15) is 73.6 Å². The maximum atomic E-state index is 13.1. The molecule has 33 heavy (non-hydrogen) atoms. The van der Waals surface area contributed by atoms with Crippen LogP contribution in [0.5, 0.6) is 0 Å². The molecule has 0 radical (unpaired) electrons. The van der Waals surface area contributed by atoms with Gasteiger partial charge < -0.3 is 10.6 Å². The number of hydrogen-bond acceptors (Lipinski definition) is 6. The molecule has 4 unspecified atom stereocenters. The third kappa shape index (κ3) is 2.28. The van der Waals surface area contributed by atoms with E-state index in [0.717, 1.165) is 0 Å². The van der Waals surface area contributed by atoms with Crippen LogP contribution in [0.4, 0.5) is 0 Å². The molecule has 8 nitrogen and oxygen atoms in total. The largest absolute Gasteiger partial charge is 0.355 e. The highest BCUT2D eigenvalue weighted by molar-refractivity contribution is 6.49. The lowest BCUT2D eigenvalue weighted by atomic mass is 9.64. The highest BCUT2D eigenvalue weighted by Gasteiger charge is 2.78. The Bertz CT molecular complexity index is 948. The Balaban J connectivity index is 1.36. The molecule has 0 aliphatic heterocycles. The molecule has 4 bridgehead atoms. The van der Waals surface area contributed by atoms with Crippen molar-refractivity contribution < 1.29 is 28.8 Å². The Hall–Kier alpha value is -2.38. The van der Waals surface area contributed by atoms with Gasteiger partial charge in [0, 0.05) is 23.9 Å². The summed E-state index contributed by atoms with van der Waals surface area (Å²) in [6.07, 6.45) is 2.13. The maximum Gasteiger partial charge on any atom is 0.234 e. The van der Waals surface area contributed by atoms with Crippen LogP contribution in [0.2, 0.25) is 0 Å². The topological polar surface area (TPSA) is 126 Å². The number of amides is 2. The molecule has 4 saturated carbocycles. The monoisotopic (exact) mass is 458 g/mol. The number of fused-ring (bicyclic) bond motifs is 4. The third-order valence-corrected chi connectivity index (χ3v) is 10.8. The molecule has 0 aromatic carbocycles. The number of Topliss-reactive ketones (excluding diaryl/α,β-unsaturated/α-hetero) is 4. The number of rotatable bonds is 6. The minimum atomic E-state index is -1.34. The van der Waals surface area contributed by atoms with Gasteiger partial charge in [0.05, 0.1) is 0 Å². The summed E-state index contributed by atoms with van der Waals surface area (Å²) in [6.45, 7) is 11.3. The lowest BCUT2D eigenvalue weighted by Crippen LogP contribution is -2.52. The fourth-order valence-electron chi connectivity index (χ4n) is 7.34. The summed E-state index contributed by atoms with van der Waals surface area (Å²) in [4.78, 5) is 76.8. The minimum absolute atomic E-state index is 0.218. The molecule has 0 aromatic rings. The first kappa shape index (κ1) is 23.8. The number of nitrogens with one attached hydrogen (secondary N) is 2. The highest BCUT2D eigenvalue weighted by atomic mass is 16.2. The van der Waals surface area contributed by atoms with Crippen LogP contribution in [-0.4, -0.2) is 48.0 Å². The zero-order chi connectivity index (χ0) is 24.8. The number of hydrogen-bond donors (Lipinski definition) is 2. The second-order valence-corrected chi connectivity index (χ2v) is 11.9. The van der Waals surface area contributed by atoms with E-state index in [4.69, 9.17) is 0 Å². The lowest BCUT2D eigenvalue weighted by Gasteiger charge is -2.37. The van der Waals surface area contributed by atoms with Crippen LogP contribution >= 0.6 is 0 Å². The van der Waals surface area contributed by atoms with Crippen molar-refractivity contribution in [2.75, 3.05) is 13.1 Å². The summed E-state index contributed by atoms with van der Waals surface area (Å²) >= 11 is 0. The molecule has 4 aliphatic rings. The van der Waals surface area contributed by atoms with Gasteiger partial charge in [-0.2, -0.15) is 0 Å². The molecule has 180 valence electrons. The van der Waals surface area contributed by atoms with Crippen molar-refractivity contribution in [2.24, 2.45) is 32.5 Å². The SMILES string of the molecule is CC12CCC(C(=O)NCCCNC(=O)C34CCC(C)(C(=O)C3=O)C4(C)C)(C(=O)C1=O)C2(C)C. The predicted octanol–water partition coefficient (Wildman–Crippen LogP) is 1.54. The average Bonchev–Trinajstić information content (AvgIpc) is 3.18. The molecule has 0 aromatic heterocycles. The molecule has 2 amide bonds. The molecule has 0 heterocycles. The second kappa shape index (κ2) is 6.60. The zero-order valence-corrected chi connectivity index (χ0v) is 20.4. The number of carbonyl (C=O) groups is 6. The number of ketones is 4. The summed E-state index contributed by atoms with van der Waals surface area (Å²) < 4.78 is 0. The fourth-order valence-corrected chi connectivity index (χ4v) is 7.34. The van der Waals surface area contributed by atoms with Gasteiger partial charge in [-0.25, -0.2) is 0 Å². The van der Waals surface area contributed by atoms with E-state index in [1.54, 1.807) is 13.8 Å². The standard InChI is InChI=1S/C25H34N2O6/c1-20(2)22(5)8-10-24(20,16(30)14(22)28)18(32)26-12-7-13-27-19(33)25-11-9-23(6,21(25,3)4)15(29)17(25)31/h7-13H2,1-6H3,(H,26,32)(H,27,33). The van der Waals surface area contributed by atoms with Crippen LogP contribution in [0.15, 0.2) is 0 Å². The first-order chi connectivity index (χ1) is 15.1. The van der Waals surface area contributed by atoms with Gasteiger partial charge in [0.15, 0.2) is 0 Å². The van der Waals surface area contributed by atoms with E-state index in [1.807, 2.05) is 27.7 Å².